The van der Waals surface area contributed by atoms with Crippen molar-refractivity contribution >= 4 is 0 Å². The molecule has 2 nitrogen and oxygen atoms in total. The minimum Gasteiger partial charge on any atom is -0.316 e. The maximum atomic E-state index is 4.29. The van der Waals surface area contributed by atoms with Gasteiger partial charge in [-0.05, 0) is 24.0 Å². The van der Waals surface area contributed by atoms with Gasteiger partial charge in [-0.1, -0.05) is 26.8 Å². The first-order chi connectivity index (χ1) is 7.14. The number of pyridine rings is 1. The quantitative estimate of drug-likeness (QED) is 0.724. The van der Waals surface area contributed by atoms with Gasteiger partial charge in [0.2, 0.25) is 0 Å². The van der Waals surface area contributed by atoms with Crippen molar-refractivity contribution in [2.24, 2.45) is 5.41 Å². The van der Waals surface area contributed by atoms with Crippen molar-refractivity contribution in [1.29, 1.82) is 0 Å². The zero-order valence-electron chi connectivity index (χ0n) is 10.1. The highest BCUT2D eigenvalue weighted by Crippen LogP contribution is 2.17. The van der Waals surface area contributed by atoms with E-state index in [0.717, 1.165) is 19.5 Å². The number of nitrogens with zero attached hydrogens (tertiary/aromatic N) is 1. The minimum atomic E-state index is 0.407. The topological polar surface area (TPSA) is 24.9 Å². The van der Waals surface area contributed by atoms with Gasteiger partial charge in [-0.25, -0.2) is 0 Å². The summed E-state index contributed by atoms with van der Waals surface area (Å²) < 4.78 is 0. The Kier molecular flexibility index (Phi) is 4.76. The van der Waals surface area contributed by atoms with Gasteiger partial charge in [-0.3, -0.25) is 4.98 Å². The van der Waals surface area contributed by atoms with Crippen LogP contribution in [0.25, 0.3) is 0 Å². The normalized spacial score (nSPS) is 11.7. The van der Waals surface area contributed by atoms with E-state index in [-0.39, 0.29) is 0 Å². The van der Waals surface area contributed by atoms with Crippen LogP contribution in [0.1, 0.15) is 32.9 Å². The summed E-state index contributed by atoms with van der Waals surface area (Å²) in [7, 11) is 0. The summed E-state index contributed by atoms with van der Waals surface area (Å²) in [6.45, 7) is 8.92. The van der Waals surface area contributed by atoms with Gasteiger partial charge in [0.15, 0.2) is 0 Å². The van der Waals surface area contributed by atoms with Crippen LogP contribution in [0.15, 0.2) is 24.4 Å². The van der Waals surface area contributed by atoms with Crippen LogP contribution in [0.3, 0.4) is 0 Å². The third-order valence-electron chi connectivity index (χ3n) is 2.84. The highest BCUT2D eigenvalue weighted by molar-refractivity contribution is 5.03. The summed E-state index contributed by atoms with van der Waals surface area (Å²) >= 11 is 0. The van der Waals surface area contributed by atoms with Crippen LogP contribution in [-0.2, 0) is 6.42 Å². The molecule has 0 radical (unpaired) electrons. The summed E-state index contributed by atoms with van der Waals surface area (Å²) in [5, 5.41) is 3.49. The molecule has 0 aliphatic heterocycles. The van der Waals surface area contributed by atoms with E-state index in [1.807, 2.05) is 18.3 Å². The molecule has 15 heavy (non-hydrogen) atoms. The fourth-order valence-corrected chi connectivity index (χ4v) is 1.31. The molecule has 0 amide bonds. The summed E-state index contributed by atoms with van der Waals surface area (Å²) in [4.78, 5) is 4.29. The second kappa shape index (κ2) is 5.86. The first-order valence-corrected chi connectivity index (χ1v) is 5.75. The molecule has 0 aromatic carbocycles. The highest BCUT2D eigenvalue weighted by atomic mass is 14.9. The lowest BCUT2D eigenvalue weighted by atomic mass is 9.90. The smallest absolute Gasteiger partial charge is 0.0416 e. The van der Waals surface area contributed by atoms with Crippen molar-refractivity contribution in [2.75, 3.05) is 13.1 Å². The maximum absolute atomic E-state index is 4.29. The Labute approximate surface area is 93.1 Å². The van der Waals surface area contributed by atoms with Gasteiger partial charge >= 0.3 is 0 Å². The van der Waals surface area contributed by atoms with E-state index in [0.29, 0.717) is 5.41 Å². The third-order valence-corrected chi connectivity index (χ3v) is 2.84. The molecular weight excluding hydrogens is 184 g/mol. The number of hydrogen-bond donors (Lipinski definition) is 1. The van der Waals surface area contributed by atoms with Crippen molar-refractivity contribution < 1.29 is 0 Å². The second-order valence-electron chi connectivity index (χ2n) is 4.77. The summed E-state index contributed by atoms with van der Waals surface area (Å²) in [5.41, 5.74) is 1.57. The van der Waals surface area contributed by atoms with E-state index in [1.165, 1.54) is 12.1 Å². The van der Waals surface area contributed by atoms with Crippen LogP contribution in [0.2, 0.25) is 0 Å². The van der Waals surface area contributed by atoms with Crippen LogP contribution < -0.4 is 5.32 Å². The van der Waals surface area contributed by atoms with Gasteiger partial charge < -0.3 is 5.32 Å². The van der Waals surface area contributed by atoms with Crippen molar-refractivity contribution in [1.82, 2.24) is 10.3 Å². The molecule has 1 heterocycles. The fraction of sp³-hybridized carbons (Fsp3) is 0.615. The van der Waals surface area contributed by atoms with Crippen LogP contribution in [-0.4, -0.2) is 18.1 Å². The Morgan fingerprint density at radius 2 is 2.13 bits per heavy atom. The standard InChI is InChI=1S/C13H22N2/c1-4-13(2,3)11-14-10-8-12-7-5-6-9-15-12/h5-7,9,14H,4,8,10-11H2,1-3H3. The average Bonchev–Trinajstić information content (AvgIpc) is 2.26. The molecule has 1 rings (SSSR count). The summed E-state index contributed by atoms with van der Waals surface area (Å²) in [5.74, 6) is 0. The lowest BCUT2D eigenvalue weighted by Crippen LogP contribution is -2.30. The van der Waals surface area contributed by atoms with Gasteiger partial charge in [-0.15, -0.1) is 0 Å². The molecule has 0 bridgehead atoms. The number of aromatic nitrogens is 1. The van der Waals surface area contributed by atoms with Crippen molar-refractivity contribution in [3.63, 3.8) is 0 Å². The maximum Gasteiger partial charge on any atom is 0.0416 e. The molecule has 1 aromatic heterocycles. The SMILES string of the molecule is CCC(C)(C)CNCCc1ccccn1. The Morgan fingerprint density at radius 1 is 1.33 bits per heavy atom. The highest BCUT2D eigenvalue weighted by Gasteiger charge is 2.13. The van der Waals surface area contributed by atoms with Gasteiger partial charge in [0.25, 0.3) is 0 Å². The average molecular weight is 206 g/mol. The molecule has 0 saturated carbocycles. The lowest BCUT2D eigenvalue weighted by Gasteiger charge is -2.22. The monoisotopic (exact) mass is 206 g/mol. The molecule has 1 N–H and O–H groups in total. The molecule has 1 aromatic rings. The molecule has 0 aliphatic carbocycles. The number of nitrogens with one attached hydrogen (secondary N) is 1. The molecule has 0 saturated heterocycles. The van der Waals surface area contributed by atoms with E-state index in [1.54, 1.807) is 0 Å². The van der Waals surface area contributed by atoms with Crippen molar-refractivity contribution in [3.05, 3.63) is 30.1 Å². The second-order valence-corrected chi connectivity index (χ2v) is 4.77. The van der Waals surface area contributed by atoms with E-state index in [2.05, 4.69) is 37.1 Å². The molecule has 0 fully saturated rings. The summed E-state index contributed by atoms with van der Waals surface area (Å²) in [6.07, 6.45) is 4.08. The van der Waals surface area contributed by atoms with Crippen LogP contribution >= 0.6 is 0 Å². The van der Waals surface area contributed by atoms with E-state index >= 15 is 0 Å². The predicted octanol–water partition coefficient (Wildman–Crippen LogP) is 2.65. The first kappa shape index (κ1) is 12.2. The van der Waals surface area contributed by atoms with Crippen molar-refractivity contribution in [3.8, 4) is 0 Å². The summed E-state index contributed by atoms with van der Waals surface area (Å²) in [6, 6.07) is 6.07. The van der Waals surface area contributed by atoms with Gasteiger partial charge in [-0.2, -0.15) is 0 Å². The largest absolute Gasteiger partial charge is 0.316 e. The Morgan fingerprint density at radius 3 is 2.73 bits per heavy atom. The third kappa shape index (κ3) is 4.93. The van der Waals surface area contributed by atoms with Crippen LogP contribution in [0, 0.1) is 5.41 Å². The first-order valence-electron chi connectivity index (χ1n) is 5.75. The Hall–Kier alpha value is -0.890. The Balaban J connectivity index is 2.18. The number of rotatable bonds is 6. The molecule has 0 atom stereocenters. The molecule has 0 unspecified atom stereocenters. The lowest BCUT2D eigenvalue weighted by molar-refractivity contribution is 0.329. The molecule has 0 aliphatic rings. The van der Waals surface area contributed by atoms with Crippen molar-refractivity contribution in [2.45, 2.75) is 33.6 Å². The Bertz CT molecular complexity index is 267. The van der Waals surface area contributed by atoms with E-state index in [9.17, 15) is 0 Å². The zero-order valence-corrected chi connectivity index (χ0v) is 10.1. The van der Waals surface area contributed by atoms with Gasteiger partial charge in [0, 0.05) is 31.4 Å². The van der Waals surface area contributed by atoms with E-state index in [4.69, 9.17) is 0 Å². The molecular formula is C13H22N2. The number of hydrogen-bond acceptors (Lipinski definition) is 2. The van der Waals surface area contributed by atoms with Gasteiger partial charge in [0.1, 0.15) is 0 Å². The predicted molar refractivity (Wildman–Crippen MR) is 64.9 cm³/mol. The van der Waals surface area contributed by atoms with Crippen LogP contribution in [0.5, 0.6) is 0 Å². The fourth-order valence-electron chi connectivity index (χ4n) is 1.31. The van der Waals surface area contributed by atoms with Crippen LogP contribution in [0.4, 0.5) is 0 Å². The molecule has 2 heteroatoms. The molecule has 0 spiro atoms. The van der Waals surface area contributed by atoms with E-state index < -0.39 is 0 Å². The van der Waals surface area contributed by atoms with Gasteiger partial charge in [0.05, 0.1) is 0 Å². The minimum absolute atomic E-state index is 0.407. The molecule has 84 valence electrons. The zero-order chi connectivity index (χ0) is 11.1.